The minimum atomic E-state index is 0.598. The van der Waals surface area contributed by atoms with E-state index in [1.165, 1.54) is 5.56 Å². The summed E-state index contributed by atoms with van der Waals surface area (Å²) >= 11 is 3.49. The Kier molecular flexibility index (Phi) is 4.82. The Balaban J connectivity index is 1.94. The van der Waals surface area contributed by atoms with Crippen molar-refractivity contribution in [3.8, 4) is 0 Å². The molecule has 0 amide bonds. The Bertz CT molecular complexity index is 367. The minimum Gasteiger partial charge on any atom is -0.309 e. The highest BCUT2D eigenvalue weighted by molar-refractivity contribution is 9.10. The molecule has 3 atom stereocenters. The van der Waals surface area contributed by atoms with Gasteiger partial charge in [0.2, 0.25) is 0 Å². The first-order valence-corrected chi connectivity index (χ1v) is 7.58. The van der Waals surface area contributed by atoms with Gasteiger partial charge < -0.3 is 5.32 Å². The third-order valence-corrected chi connectivity index (χ3v) is 4.18. The average Bonchev–Trinajstić information content (AvgIpc) is 2.31. The number of hydrogen-bond acceptors (Lipinski definition) is 2. The molecule has 3 unspecified atom stereocenters. The second-order valence-electron chi connectivity index (χ2n) is 5.60. The molecule has 1 aromatic carbocycles. The smallest absolute Gasteiger partial charge is 0.0175 e. The topological polar surface area (TPSA) is 15.3 Å². The van der Waals surface area contributed by atoms with Crippen molar-refractivity contribution < 1.29 is 0 Å². The standard InChI is InChI=1S/C15H23BrN2/c1-11-9-18(10-12(2)17-11)13(3)8-14-4-6-15(16)7-5-14/h4-7,11-13,17H,8-10H2,1-3H3. The predicted molar refractivity (Wildman–Crippen MR) is 80.9 cm³/mol. The van der Waals surface area contributed by atoms with Crippen molar-refractivity contribution in [3.63, 3.8) is 0 Å². The van der Waals surface area contributed by atoms with Crippen LogP contribution in [-0.2, 0) is 6.42 Å². The number of piperazine rings is 1. The molecule has 0 spiro atoms. The molecule has 1 saturated heterocycles. The van der Waals surface area contributed by atoms with Gasteiger partial charge in [0, 0.05) is 35.7 Å². The van der Waals surface area contributed by atoms with Crippen LogP contribution in [0.1, 0.15) is 26.3 Å². The first-order chi connectivity index (χ1) is 8.54. The van der Waals surface area contributed by atoms with Crippen molar-refractivity contribution in [1.29, 1.82) is 0 Å². The zero-order valence-corrected chi connectivity index (χ0v) is 13.1. The van der Waals surface area contributed by atoms with Gasteiger partial charge in [0.05, 0.1) is 0 Å². The number of benzene rings is 1. The Hall–Kier alpha value is -0.380. The van der Waals surface area contributed by atoms with Gasteiger partial charge in [0.15, 0.2) is 0 Å². The maximum atomic E-state index is 3.59. The van der Waals surface area contributed by atoms with Crippen LogP contribution in [0.4, 0.5) is 0 Å². The second-order valence-corrected chi connectivity index (χ2v) is 6.52. The second kappa shape index (κ2) is 6.18. The van der Waals surface area contributed by atoms with Gasteiger partial charge >= 0.3 is 0 Å². The van der Waals surface area contributed by atoms with Gasteiger partial charge in [-0.05, 0) is 44.9 Å². The Morgan fingerprint density at radius 1 is 1.22 bits per heavy atom. The summed E-state index contributed by atoms with van der Waals surface area (Å²) in [6, 6.07) is 10.5. The molecule has 2 nitrogen and oxygen atoms in total. The number of rotatable bonds is 3. The lowest BCUT2D eigenvalue weighted by atomic mass is 10.0. The van der Waals surface area contributed by atoms with E-state index in [1.54, 1.807) is 0 Å². The van der Waals surface area contributed by atoms with Gasteiger partial charge in [0.25, 0.3) is 0 Å². The normalized spacial score (nSPS) is 27.1. The van der Waals surface area contributed by atoms with Crippen molar-refractivity contribution in [2.75, 3.05) is 13.1 Å². The average molecular weight is 311 g/mol. The lowest BCUT2D eigenvalue weighted by molar-refractivity contribution is 0.130. The first-order valence-electron chi connectivity index (χ1n) is 6.79. The number of hydrogen-bond donors (Lipinski definition) is 1. The van der Waals surface area contributed by atoms with Crippen molar-refractivity contribution in [3.05, 3.63) is 34.3 Å². The highest BCUT2D eigenvalue weighted by atomic mass is 79.9. The summed E-state index contributed by atoms with van der Waals surface area (Å²) in [6.45, 7) is 9.20. The molecule has 1 aliphatic heterocycles. The van der Waals surface area contributed by atoms with E-state index < -0.39 is 0 Å². The SMILES string of the molecule is CC1CN(C(C)Cc2ccc(Br)cc2)CC(C)N1. The van der Waals surface area contributed by atoms with Gasteiger partial charge in [-0.1, -0.05) is 28.1 Å². The molecule has 1 N–H and O–H groups in total. The zero-order valence-electron chi connectivity index (χ0n) is 11.5. The maximum Gasteiger partial charge on any atom is 0.0175 e. The van der Waals surface area contributed by atoms with Crippen LogP contribution in [0.2, 0.25) is 0 Å². The quantitative estimate of drug-likeness (QED) is 0.923. The summed E-state index contributed by atoms with van der Waals surface area (Å²) in [6.07, 6.45) is 1.13. The van der Waals surface area contributed by atoms with E-state index in [0.29, 0.717) is 18.1 Å². The molecule has 18 heavy (non-hydrogen) atoms. The molecule has 0 bridgehead atoms. The van der Waals surface area contributed by atoms with E-state index in [1.807, 2.05) is 0 Å². The summed E-state index contributed by atoms with van der Waals surface area (Å²) in [5.74, 6) is 0. The van der Waals surface area contributed by atoms with E-state index in [9.17, 15) is 0 Å². The molecule has 2 rings (SSSR count). The molecule has 1 fully saturated rings. The van der Waals surface area contributed by atoms with Crippen molar-refractivity contribution >= 4 is 15.9 Å². The third-order valence-electron chi connectivity index (χ3n) is 3.65. The largest absolute Gasteiger partial charge is 0.309 e. The summed E-state index contributed by atoms with van der Waals surface area (Å²) < 4.78 is 1.16. The zero-order chi connectivity index (χ0) is 13.1. The number of nitrogens with one attached hydrogen (secondary N) is 1. The summed E-state index contributed by atoms with van der Waals surface area (Å²) in [4.78, 5) is 2.61. The lowest BCUT2D eigenvalue weighted by Crippen LogP contribution is -2.56. The number of halogens is 1. The fraction of sp³-hybridized carbons (Fsp3) is 0.600. The van der Waals surface area contributed by atoms with Crippen LogP contribution in [-0.4, -0.2) is 36.1 Å². The van der Waals surface area contributed by atoms with Crippen LogP contribution in [0.15, 0.2) is 28.7 Å². The molecular formula is C15H23BrN2. The van der Waals surface area contributed by atoms with Crippen LogP contribution in [0.3, 0.4) is 0 Å². The van der Waals surface area contributed by atoms with Crippen molar-refractivity contribution in [2.24, 2.45) is 0 Å². The van der Waals surface area contributed by atoms with Crippen LogP contribution in [0.25, 0.3) is 0 Å². The Labute approximate surface area is 119 Å². The van der Waals surface area contributed by atoms with E-state index >= 15 is 0 Å². The maximum absolute atomic E-state index is 3.59. The molecule has 0 saturated carbocycles. The third kappa shape index (κ3) is 3.81. The van der Waals surface area contributed by atoms with Gasteiger partial charge in [0.1, 0.15) is 0 Å². The molecule has 1 aliphatic rings. The van der Waals surface area contributed by atoms with Crippen LogP contribution >= 0.6 is 15.9 Å². The number of nitrogens with zero attached hydrogens (tertiary/aromatic N) is 1. The van der Waals surface area contributed by atoms with Gasteiger partial charge in [-0.25, -0.2) is 0 Å². The Morgan fingerprint density at radius 3 is 2.33 bits per heavy atom. The van der Waals surface area contributed by atoms with Gasteiger partial charge in [-0.3, -0.25) is 4.90 Å². The first kappa shape index (κ1) is 14.0. The van der Waals surface area contributed by atoms with E-state index in [2.05, 4.69) is 71.2 Å². The molecule has 0 aromatic heterocycles. The minimum absolute atomic E-state index is 0.598. The monoisotopic (exact) mass is 310 g/mol. The summed E-state index contributed by atoms with van der Waals surface area (Å²) in [5, 5.41) is 3.59. The summed E-state index contributed by atoms with van der Waals surface area (Å²) in [5.41, 5.74) is 1.42. The highest BCUT2D eigenvalue weighted by Gasteiger charge is 2.24. The van der Waals surface area contributed by atoms with E-state index in [4.69, 9.17) is 0 Å². The van der Waals surface area contributed by atoms with Crippen LogP contribution < -0.4 is 5.32 Å². The fourth-order valence-electron chi connectivity index (χ4n) is 2.82. The van der Waals surface area contributed by atoms with Crippen molar-refractivity contribution in [1.82, 2.24) is 10.2 Å². The molecular weight excluding hydrogens is 288 g/mol. The Morgan fingerprint density at radius 2 is 1.78 bits per heavy atom. The van der Waals surface area contributed by atoms with E-state index in [0.717, 1.165) is 24.0 Å². The molecule has 1 heterocycles. The van der Waals surface area contributed by atoms with Crippen LogP contribution in [0.5, 0.6) is 0 Å². The predicted octanol–water partition coefficient (Wildman–Crippen LogP) is 3.06. The molecule has 0 radical (unpaired) electrons. The van der Waals surface area contributed by atoms with Crippen molar-refractivity contribution in [2.45, 2.75) is 45.3 Å². The molecule has 0 aliphatic carbocycles. The van der Waals surface area contributed by atoms with Crippen LogP contribution in [0, 0.1) is 0 Å². The van der Waals surface area contributed by atoms with Gasteiger partial charge in [-0.15, -0.1) is 0 Å². The molecule has 3 heteroatoms. The fourth-order valence-corrected chi connectivity index (χ4v) is 3.08. The molecule has 100 valence electrons. The highest BCUT2D eigenvalue weighted by Crippen LogP contribution is 2.15. The lowest BCUT2D eigenvalue weighted by Gasteiger charge is -2.39. The summed E-state index contributed by atoms with van der Waals surface area (Å²) in [7, 11) is 0. The van der Waals surface area contributed by atoms with Gasteiger partial charge in [-0.2, -0.15) is 0 Å². The van der Waals surface area contributed by atoms with E-state index in [-0.39, 0.29) is 0 Å². The molecule has 1 aromatic rings.